The number of carbonyl (C=O) groups excluding carboxylic acids is 1. The van der Waals surface area contributed by atoms with Crippen molar-refractivity contribution in [3.8, 4) is 16.9 Å². The maximum atomic E-state index is 12.2. The van der Waals surface area contributed by atoms with Gasteiger partial charge in [-0.15, -0.1) is 0 Å². The normalized spacial score (nSPS) is 10.5. The lowest BCUT2D eigenvalue weighted by Crippen LogP contribution is -2.06. The van der Waals surface area contributed by atoms with E-state index in [-0.39, 0.29) is 12.2 Å². The summed E-state index contributed by atoms with van der Waals surface area (Å²) in [4.78, 5) is 32.7. The monoisotopic (exact) mass is 310 g/mol. The van der Waals surface area contributed by atoms with Gasteiger partial charge in [-0.25, -0.2) is 9.59 Å². The molecule has 0 radical (unpaired) electrons. The van der Waals surface area contributed by atoms with Crippen LogP contribution in [0.4, 0.5) is 0 Å². The molecule has 0 unspecified atom stereocenters. The fourth-order valence-electron chi connectivity index (χ4n) is 2.12. The minimum absolute atomic E-state index is 0.211. The number of rotatable bonds is 4. The van der Waals surface area contributed by atoms with Crippen LogP contribution in [0.25, 0.3) is 22.1 Å². The highest BCUT2D eigenvalue weighted by Gasteiger charge is 2.09. The van der Waals surface area contributed by atoms with Gasteiger partial charge >= 0.3 is 11.6 Å². The molecule has 0 aliphatic carbocycles. The molecule has 3 rings (SSSR count). The van der Waals surface area contributed by atoms with Gasteiger partial charge < -0.3 is 4.42 Å². The smallest absolute Gasteiger partial charge is 0.355 e. The fraction of sp³-hybridized carbons (Fsp3) is 0.111. The van der Waals surface area contributed by atoms with E-state index in [1.165, 1.54) is 6.07 Å². The summed E-state index contributed by atoms with van der Waals surface area (Å²) >= 11 is 0. The first kappa shape index (κ1) is 14.8. The number of benzene rings is 2. The Morgan fingerprint density at radius 1 is 1.09 bits per heavy atom. The minimum atomic E-state index is -0.481. The molecular formula is C18H14O5. The van der Waals surface area contributed by atoms with E-state index in [1.54, 1.807) is 25.1 Å². The lowest BCUT2D eigenvalue weighted by molar-refractivity contribution is -0.213. The Balaban J connectivity index is 1.96. The number of fused-ring (bicyclic) bond motifs is 1. The molecule has 23 heavy (non-hydrogen) atoms. The molecule has 2 aromatic carbocycles. The zero-order valence-corrected chi connectivity index (χ0v) is 12.4. The van der Waals surface area contributed by atoms with E-state index in [0.29, 0.717) is 11.1 Å². The Labute approximate surface area is 132 Å². The summed E-state index contributed by atoms with van der Waals surface area (Å²) in [7, 11) is 0. The van der Waals surface area contributed by atoms with Crippen LogP contribution in [0.1, 0.15) is 13.3 Å². The quantitative estimate of drug-likeness (QED) is 0.417. The molecule has 5 heteroatoms. The Morgan fingerprint density at radius 3 is 2.61 bits per heavy atom. The van der Waals surface area contributed by atoms with Crippen LogP contribution in [0.3, 0.4) is 0 Å². The van der Waals surface area contributed by atoms with Crippen LogP contribution in [0.15, 0.2) is 63.8 Å². The van der Waals surface area contributed by atoms with Crippen LogP contribution in [0.2, 0.25) is 0 Å². The van der Waals surface area contributed by atoms with Gasteiger partial charge in [0, 0.05) is 17.9 Å². The van der Waals surface area contributed by atoms with E-state index >= 15 is 0 Å². The third-order valence-electron chi connectivity index (χ3n) is 3.31. The van der Waals surface area contributed by atoms with Crippen molar-refractivity contribution < 1.29 is 19.0 Å². The Hall–Kier alpha value is -3.08. The molecule has 0 saturated heterocycles. The Kier molecular flexibility index (Phi) is 4.10. The molecule has 0 spiro atoms. The molecule has 0 aliphatic heterocycles. The lowest BCUT2D eigenvalue weighted by Gasteiger charge is -2.05. The van der Waals surface area contributed by atoms with Crippen molar-refractivity contribution in [1.82, 2.24) is 0 Å². The topological polar surface area (TPSA) is 65.7 Å². The predicted molar refractivity (Wildman–Crippen MR) is 84.9 cm³/mol. The SMILES string of the molecule is CCC(=O)OOc1ccc2cc(-c3ccccc3)c(=O)oc2c1. The maximum absolute atomic E-state index is 12.2. The summed E-state index contributed by atoms with van der Waals surface area (Å²) in [5.74, 6) is -0.194. The second-order valence-electron chi connectivity index (χ2n) is 4.91. The van der Waals surface area contributed by atoms with Gasteiger partial charge in [0.2, 0.25) is 0 Å². The fourth-order valence-corrected chi connectivity index (χ4v) is 2.12. The first-order valence-corrected chi connectivity index (χ1v) is 7.18. The zero-order chi connectivity index (χ0) is 16.2. The highest BCUT2D eigenvalue weighted by molar-refractivity contribution is 5.82. The summed E-state index contributed by atoms with van der Waals surface area (Å²) in [6.45, 7) is 1.66. The van der Waals surface area contributed by atoms with Gasteiger partial charge in [-0.3, -0.25) is 9.78 Å². The maximum Gasteiger partial charge on any atom is 0.355 e. The largest absolute Gasteiger partial charge is 0.422 e. The molecule has 5 nitrogen and oxygen atoms in total. The van der Waals surface area contributed by atoms with Gasteiger partial charge in [-0.1, -0.05) is 37.3 Å². The van der Waals surface area contributed by atoms with E-state index in [2.05, 4.69) is 4.89 Å². The van der Waals surface area contributed by atoms with Crippen molar-refractivity contribution in [3.63, 3.8) is 0 Å². The van der Waals surface area contributed by atoms with Crippen molar-refractivity contribution in [2.75, 3.05) is 0 Å². The van der Waals surface area contributed by atoms with E-state index in [4.69, 9.17) is 9.30 Å². The first-order chi connectivity index (χ1) is 11.2. The van der Waals surface area contributed by atoms with E-state index in [1.807, 2.05) is 30.3 Å². The highest BCUT2D eigenvalue weighted by Crippen LogP contribution is 2.24. The summed E-state index contributed by atoms with van der Waals surface area (Å²) in [6, 6.07) is 15.9. The van der Waals surface area contributed by atoms with Gasteiger partial charge in [-0.05, 0) is 23.8 Å². The molecule has 0 bridgehead atoms. The molecule has 0 aliphatic rings. The van der Waals surface area contributed by atoms with Crippen molar-refractivity contribution in [3.05, 3.63) is 65.0 Å². The van der Waals surface area contributed by atoms with Crippen molar-refractivity contribution in [2.45, 2.75) is 13.3 Å². The number of carbonyl (C=O) groups is 1. The molecule has 0 fully saturated rings. The predicted octanol–water partition coefficient (Wildman–Crippen LogP) is 3.71. The average molecular weight is 310 g/mol. The molecule has 3 aromatic rings. The second kappa shape index (κ2) is 6.36. The second-order valence-corrected chi connectivity index (χ2v) is 4.91. The van der Waals surface area contributed by atoms with Crippen molar-refractivity contribution in [2.24, 2.45) is 0 Å². The Morgan fingerprint density at radius 2 is 1.87 bits per heavy atom. The average Bonchev–Trinajstić information content (AvgIpc) is 2.59. The van der Waals surface area contributed by atoms with Crippen molar-refractivity contribution in [1.29, 1.82) is 0 Å². The molecular weight excluding hydrogens is 296 g/mol. The molecule has 0 N–H and O–H groups in total. The van der Waals surface area contributed by atoms with Crippen LogP contribution in [0, 0.1) is 0 Å². The molecule has 0 saturated carbocycles. The highest BCUT2D eigenvalue weighted by atomic mass is 17.2. The van der Waals surface area contributed by atoms with Crippen LogP contribution in [-0.2, 0) is 9.68 Å². The minimum Gasteiger partial charge on any atom is -0.422 e. The Bertz CT molecular complexity index is 896. The lowest BCUT2D eigenvalue weighted by atomic mass is 10.1. The summed E-state index contributed by atoms with van der Waals surface area (Å²) in [5, 5.41) is 0.748. The molecule has 116 valence electrons. The van der Waals surface area contributed by atoms with Gasteiger partial charge in [0.15, 0.2) is 5.75 Å². The zero-order valence-electron chi connectivity index (χ0n) is 12.4. The van der Waals surface area contributed by atoms with Crippen LogP contribution < -0.4 is 10.5 Å². The van der Waals surface area contributed by atoms with Crippen LogP contribution in [0.5, 0.6) is 5.75 Å². The molecule has 0 atom stereocenters. The van der Waals surface area contributed by atoms with Gasteiger partial charge in [0.25, 0.3) is 0 Å². The molecule has 1 aromatic heterocycles. The molecule has 1 heterocycles. The first-order valence-electron chi connectivity index (χ1n) is 7.18. The molecule has 0 amide bonds. The third-order valence-corrected chi connectivity index (χ3v) is 3.31. The number of hydrogen-bond donors (Lipinski definition) is 0. The van der Waals surface area contributed by atoms with E-state index in [9.17, 15) is 9.59 Å². The van der Waals surface area contributed by atoms with Gasteiger partial charge in [0.1, 0.15) is 5.58 Å². The van der Waals surface area contributed by atoms with E-state index < -0.39 is 11.6 Å². The van der Waals surface area contributed by atoms with E-state index in [0.717, 1.165) is 10.9 Å². The summed E-state index contributed by atoms with van der Waals surface area (Å²) in [6.07, 6.45) is 0.211. The number of hydrogen-bond acceptors (Lipinski definition) is 5. The standard InChI is InChI=1S/C18H14O5/c1-2-17(19)23-22-14-9-8-13-10-15(12-6-4-3-5-7-12)18(20)21-16(13)11-14/h3-11H,2H2,1H3. The van der Waals surface area contributed by atoms with Crippen LogP contribution >= 0.6 is 0 Å². The van der Waals surface area contributed by atoms with Gasteiger partial charge in [-0.2, -0.15) is 0 Å². The van der Waals surface area contributed by atoms with Crippen molar-refractivity contribution >= 4 is 16.9 Å². The third kappa shape index (κ3) is 3.23. The summed E-state index contributed by atoms with van der Waals surface area (Å²) in [5.41, 5.74) is 1.20. The van der Waals surface area contributed by atoms with Gasteiger partial charge in [0.05, 0.1) is 5.56 Å². The summed E-state index contributed by atoms with van der Waals surface area (Å²) < 4.78 is 5.34. The van der Waals surface area contributed by atoms with Crippen LogP contribution in [-0.4, -0.2) is 5.97 Å².